The SMILES string of the molecule is CC(C)CNCC1CCOC1c1ccnc2ccccc12. The van der Waals surface area contributed by atoms with Crippen LogP contribution in [0.4, 0.5) is 0 Å². The third-order valence-corrected chi connectivity index (χ3v) is 4.16. The Kier molecular flexibility index (Phi) is 4.51. The summed E-state index contributed by atoms with van der Waals surface area (Å²) in [5, 5.41) is 4.80. The Labute approximate surface area is 126 Å². The van der Waals surface area contributed by atoms with Gasteiger partial charge in [0.05, 0.1) is 11.6 Å². The summed E-state index contributed by atoms with van der Waals surface area (Å²) in [5.74, 6) is 1.24. The van der Waals surface area contributed by atoms with Gasteiger partial charge in [-0.3, -0.25) is 4.98 Å². The molecule has 1 aliphatic heterocycles. The predicted molar refractivity (Wildman–Crippen MR) is 86.3 cm³/mol. The van der Waals surface area contributed by atoms with Crippen molar-refractivity contribution in [2.45, 2.75) is 26.4 Å². The molecule has 21 heavy (non-hydrogen) atoms. The Bertz CT molecular complexity index is 591. The van der Waals surface area contributed by atoms with E-state index in [1.807, 2.05) is 12.3 Å². The lowest BCUT2D eigenvalue weighted by Crippen LogP contribution is -2.28. The molecule has 1 fully saturated rings. The Hall–Kier alpha value is -1.45. The lowest BCUT2D eigenvalue weighted by molar-refractivity contribution is 0.0914. The molecule has 2 aromatic rings. The number of hydrogen-bond donors (Lipinski definition) is 1. The van der Waals surface area contributed by atoms with Crippen LogP contribution in [0.3, 0.4) is 0 Å². The van der Waals surface area contributed by atoms with Gasteiger partial charge < -0.3 is 10.1 Å². The molecular weight excluding hydrogens is 260 g/mol. The van der Waals surface area contributed by atoms with Crippen molar-refractivity contribution < 1.29 is 4.74 Å². The van der Waals surface area contributed by atoms with Gasteiger partial charge in [-0.1, -0.05) is 32.0 Å². The normalized spacial score (nSPS) is 22.2. The quantitative estimate of drug-likeness (QED) is 0.911. The highest BCUT2D eigenvalue weighted by atomic mass is 16.5. The molecule has 1 aliphatic rings. The van der Waals surface area contributed by atoms with Gasteiger partial charge in [0.25, 0.3) is 0 Å². The van der Waals surface area contributed by atoms with E-state index in [-0.39, 0.29) is 6.10 Å². The van der Waals surface area contributed by atoms with Crippen LogP contribution in [0.5, 0.6) is 0 Å². The zero-order chi connectivity index (χ0) is 14.7. The summed E-state index contributed by atoms with van der Waals surface area (Å²) in [6, 6.07) is 10.5. The molecule has 0 amide bonds. The second-order valence-electron chi connectivity index (χ2n) is 6.31. The minimum Gasteiger partial charge on any atom is -0.373 e. The van der Waals surface area contributed by atoms with Gasteiger partial charge >= 0.3 is 0 Å². The van der Waals surface area contributed by atoms with Crippen LogP contribution in [0, 0.1) is 11.8 Å². The first-order chi connectivity index (χ1) is 10.3. The highest BCUT2D eigenvalue weighted by Crippen LogP contribution is 2.37. The molecule has 1 aromatic heterocycles. The standard InChI is InChI=1S/C18H24N2O/c1-13(2)11-19-12-14-8-10-21-18(14)16-7-9-20-17-6-4-3-5-15(16)17/h3-7,9,13-14,18-19H,8,10-12H2,1-2H3. The van der Waals surface area contributed by atoms with Crippen molar-refractivity contribution in [2.75, 3.05) is 19.7 Å². The predicted octanol–water partition coefficient (Wildman–Crippen LogP) is 3.56. The topological polar surface area (TPSA) is 34.1 Å². The highest BCUT2D eigenvalue weighted by Gasteiger charge is 2.30. The average Bonchev–Trinajstić information content (AvgIpc) is 2.94. The maximum atomic E-state index is 6.05. The van der Waals surface area contributed by atoms with E-state index in [4.69, 9.17) is 4.74 Å². The second kappa shape index (κ2) is 6.54. The lowest BCUT2D eigenvalue weighted by Gasteiger charge is -2.21. The van der Waals surface area contributed by atoms with Crippen molar-refractivity contribution in [1.29, 1.82) is 0 Å². The Morgan fingerprint density at radius 3 is 3.00 bits per heavy atom. The van der Waals surface area contributed by atoms with Gasteiger partial charge in [0.2, 0.25) is 0 Å². The average molecular weight is 284 g/mol. The highest BCUT2D eigenvalue weighted by molar-refractivity contribution is 5.82. The zero-order valence-corrected chi connectivity index (χ0v) is 12.9. The molecule has 2 heterocycles. The van der Waals surface area contributed by atoms with Gasteiger partial charge in [0.1, 0.15) is 0 Å². The van der Waals surface area contributed by atoms with Gasteiger partial charge in [-0.25, -0.2) is 0 Å². The van der Waals surface area contributed by atoms with Crippen LogP contribution in [0.2, 0.25) is 0 Å². The van der Waals surface area contributed by atoms with Gasteiger partial charge in [-0.2, -0.15) is 0 Å². The number of pyridine rings is 1. The van der Waals surface area contributed by atoms with Gasteiger partial charge in [-0.05, 0) is 36.6 Å². The molecule has 1 N–H and O–H groups in total. The number of nitrogens with one attached hydrogen (secondary N) is 1. The summed E-state index contributed by atoms with van der Waals surface area (Å²) >= 11 is 0. The molecule has 3 nitrogen and oxygen atoms in total. The van der Waals surface area contributed by atoms with Gasteiger partial charge in [-0.15, -0.1) is 0 Å². The summed E-state index contributed by atoms with van der Waals surface area (Å²) in [4.78, 5) is 4.45. The van der Waals surface area contributed by atoms with Crippen LogP contribution in [-0.2, 0) is 4.74 Å². The maximum absolute atomic E-state index is 6.05. The third kappa shape index (κ3) is 3.25. The van der Waals surface area contributed by atoms with E-state index in [1.165, 1.54) is 10.9 Å². The number of para-hydroxylation sites is 1. The van der Waals surface area contributed by atoms with E-state index in [0.29, 0.717) is 11.8 Å². The zero-order valence-electron chi connectivity index (χ0n) is 12.9. The van der Waals surface area contributed by atoms with Crippen molar-refractivity contribution in [1.82, 2.24) is 10.3 Å². The monoisotopic (exact) mass is 284 g/mol. The summed E-state index contributed by atoms with van der Waals surface area (Å²) in [7, 11) is 0. The van der Waals surface area contributed by atoms with Crippen LogP contribution in [-0.4, -0.2) is 24.7 Å². The number of benzene rings is 1. The van der Waals surface area contributed by atoms with E-state index >= 15 is 0 Å². The molecule has 1 aromatic carbocycles. The summed E-state index contributed by atoms with van der Waals surface area (Å²) in [6.07, 6.45) is 3.22. The first-order valence-corrected chi connectivity index (χ1v) is 7.91. The first kappa shape index (κ1) is 14.5. The molecular formula is C18H24N2O. The Morgan fingerprint density at radius 1 is 1.29 bits per heavy atom. The van der Waals surface area contributed by atoms with Crippen LogP contribution in [0.1, 0.15) is 31.9 Å². The van der Waals surface area contributed by atoms with Crippen molar-refractivity contribution in [2.24, 2.45) is 11.8 Å². The number of rotatable bonds is 5. The number of hydrogen-bond acceptors (Lipinski definition) is 3. The molecule has 3 heteroatoms. The number of aromatic nitrogens is 1. The van der Waals surface area contributed by atoms with Crippen LogP contribution >= 0.6 is 0 Å². The fourth-order valence-corrected chi connectivity index (χ4v) is 3.11. The van der Waals surface area contributed by atoms with Crippen LogP contribution in [0.25, 0.3) is 10.9 Å². The smallest absolute Gasteiger partial charge is 0.0873 e. The molecule has 0 spiro atoms. The fraction of sp³-hybridized carbons (Fsp3) is 0.500. The van der Waals surface area contributed by atoms with E-state index in [0.717, 1.165) is 31.6 Å². The number of ether oxygens (including phenoxy) is 1. The second-order valence-corrected chi connectivity index (χ2v) is 6.31. The van der Waals surface area contributed by atoms with Gasteiger partial charge in [0, 0.05) is 30.7 Å². The first-order valence-electron chi connectivity index (χ1n) is 7.91. The largest absolute Gasteiger partial charge is 0.373 e. The molecule has 3 rings (SSSR count). The number of fused-ring (bicyclic) bond motifs is 1. The third-order valence-electron chi connectivity index (χ3n) is 4.16. The Morgan fingerprint density at radius 2 is 2.14 bits per heavy atom. The molecule has 1 saturated heterocycles. The van der Waals surface area contributed by atoms with E-state index < -0.39 is 0 Å². The van der Waals surface area contributed by atoms with E-state index in [9.17, 15) is 0 Å². The molecule has 2 atom stereocenters. The minimum absolute atomic E-state index is 0.192. The molecule has 0 radical (unpaired) electrons. The molecule has 0 saturated carbocycles. The van der Waals surface area contributed by atoms with Crippen molar-refractivity contribution in [3.05, 3.63) is 42.1 Å². The molecule has 112 valence electrons. The summed E-state index contributed by atoms with van der Waals surface area (Å²) < 4.78 is 6.05. The fourth-order valence-electron chi connectivity index (χ4n) is 3.11. The molecule has 0 bridgehead atoms. The van der Waals surface area contributed by atoms with E-state index in [2.05, 4.69) is 48.4 Å². The van der Waals surface area contributed by atoms with Crippen molar-refractivity contribution in [3.63, 3.8) is 0 Å². The van der Waals surface area contributed by atoms with Gasteiger partial charge in [0.15, 0.2) is 0 Å². The van der Waals surface area contributed by atoms with Crippen LogP contribution in [0.15, 0.2) is 36.5 Å². The molecule has 0 aliphatic carbocycles. The summed E-state index contributed by atoms with van der Waals surface area (Å²) in [6.45, 7) is 7.44. The lowest BCUT2D eigenvalue weighted by atomic mass is 9.93. The van der Waals surface area contributed by atoms with Crippen LogP contribution < -0.4 is 5.32 Å². The minimum atomic E-state index is 0.192. The van der Waals surface area contributed by atoms with E-state index in [1.54, 1.807) is 0 Å². The number of nitrogens with zero attached hydrogens (tertiary/aromatic N) is 1. The Balaban J connectivity index is 1.80. The summed E-state index contributed by atoms with van der Waals surface area (Å²) in [5.41, 5.74) is 2.34. The molecule has 2 unspecified atom stereocenters. The van der Waals surface area contributed by atoms with Crippen molar-refractivity contribution >= 4 is 10.9 Å². The maximum Gasteiger partial charge on any atom is 0.0873 e. The van der Waals surface area contributed by atoms with Crippen molar-refractivity contribution in [3.8, 4) is 0 Å².